The van der Waals surface area contributed by atoms with Crippen LogP contribution >= 0.6 is 0 Å². The zero-order valence-electron chi connectivity index (χ0n) is 12.5. The number of hydrogen-bond acceptors (Lipinski definition) is 5. The van der Waals surface area contributed by atoms with E-state index < -0.39 is 5.82 Å². The molecule has 0 radical (unpaired) electrons. The van der Waals surface area contributed by atoms with Crippen LogP contribution in [0.5, 0.6) is 0 Å². The summed E-state index contributed by atoms with van der Waals surface area (Å²) < 4.78 is 15.7. The zero-order chi connectivity index (χ0) is 15.1. The van der Waals surface area contributed by atoms with Gasteiger partial charge in [0, 0.05) is 19.3 Å². The molecule has 0 aromatic carbocycles. The Bertz CT molecular complexity index is 684. The van der Waals surface area contributed by atoms with Crippen LogP contribution in [-0.4, -0.2) is 25.8 Å². The Morgan fingerprint density at radius 1 is 1.27 bits per heavy atom. The van der Waals surface area contributed by atoms with Gasteiger partial charge in [0.1, 0.15) is 0 Å². The maximum Gasteiger partial charge on any atom is 0.229 e. The molecule has 2 aliphatic carbocycles. The highest BCUT2D eigenvalue weighted by atomic mass is 19.1. The van der Waals surface area contributed by atoms with Gasteiger partial charge in [0.2, 0.25) is 5.95 Å². The summed E-state index contributed by atoms with van der Waals surface area (Å²) in [6, 6.07) is 0.342. The van der Waals surface area contributed by atoms with Crippen molar-refractivity contribution in [1.29, 1.82) is 0 Å². The van der Waals surface area contributed by atoms with Crippen LogP contribution in [-0.2, 0) is 7.05 Å². The molecule has 0 amide bonds. The van der Waals surface area contributed by atoms with Crippen molar-refractivity contribution in [1.82, 2.24) is 19.7 Å². The fourth-order valence-electron chi connectivity index (χ4n) is 3.74. The van der Waals surface area contributed by atoms with Gasteiger partial charge in [0.15, 0.2) is 11.6 Å². The van der Waals surface area contributed by atoms with Gasteiger partial charge in [-0.25, -0.2) is 9.37 Å². The lowest BCUT2D eigenvalue weighted by Gasteiger charge is -2.23. The minimum atomic E-state index is -0.403. The molecule has 22 heavy (non-hydrogen) atoms. The lowest BCUT2D eigenvalue weighted by atomic mass is 9.95. The van der Waals surface area contributed by atoms with Gasteiger partial charge >= 0.3 is 0 Å². The van der Waals surface area contributed by atoms with E-state index in [1.165, 1.54) is 25.5 Å². The molecule has 4 rings (SSSR count). The average Bonchev–Trinajstić information content (AvgIpc) is 3.20. The van der Waals surface area contributed by atoms with Crippen LogP contribution in [0.25, 0.3) is 0 Å². The predicted molar refractivity (Wildman–Crippen MR) is 81.3 cm³/mol. The molecule has 0 saturated heterocycles. The largest absolute Gasteiger partial charge is 0.364 e. The second-order valence-electron chi connectivity index (χ2n) is 6.34. The molecule has 6 nitrogen and oxygen atoms in total. The van der Waals surface area contributed by atoms with Crippen molar-refractivity contribution in [2.75, 3.05) is 10.6 Å². The number of aryl methyl sites for hydroxylation is 1. The average molecular weight is 302 g/mol. The van der Waals surface area contributed by atoms with Crippen LogP contribution in [0.2, 0.25) is 0 Å². The molecule has 2 N–H and O–H groups in total. The van der Waals surface area contributed by atoms with Crippen LogP contribution < -0.4 is 10.6 Å². The standard InChI is InChI=1S/C15H19FN6/c1-22-8-11(6-18-22)19-15-17-7-12(16)14(21-15)20-13-5-9-2-3-10(13)4-9/h6-10,13H,2-5H2,1H3,(H2,17,19,20,21)/t9-,10+,13+/m1/s1. The molecule has 2 aromatic heterocycles. The quantitative estimate of drug-likeness (QED) is 0.909. The molecule has 0 aliphatic heterocycles. The van der Waals surface area contributed by atoms with E-state index in [0.717, 1.165) is 18.0 Å². The normalized spacial score (nSPS) is 26.4. The molecule has 3 atom stereocenters. The highest BCUT2D eigenvalue weighted by Crippen LogP contribution is 2.45. The Labute approximate surface area is 128 Å². The number of anilines is 3. The lowest BCUT2D eigenvalue weighted by Crippen LogP contribution is -2.27. The Kier molecular flexibility index (Phi) is 3.20. The Hall–Kier alpha value is -2.18. The van der Waals surface area contributed by atoms with E-state index in [-0.39, 0.29) is 0 Å². The smallest absolute Gasteiger partial charge is 0.229 e. The number of aromatic nitrogens is 4. The Morgan fingerprint density at radius 3 is 2.86 bits per heavy atom. The number of fused-ring (bicyclic) bond motifs is 2. The van der Waals surface area contributed by atoms with Gasteiger partial charge in [-0.3, -0.25) is 4.68 Å². The molecular weight excluding hydrogens is 283 g/mol. The van der Waals surface area contributed by atoms with Gasteiger partial charge in [-0.1, -0.05) is 6.42 Å². The highest BCUT2D eigenvalue weighted by Gasteiger charge is 2.39. The second kappa shape index (κ2) is 5.23. The number of hydrogen-bond donors (Lipinski definition) is 2. The maximum absolute atomic E-state index is 14.0. The van der Waals surface area contributed by atoms with E-state index in [9.17, 15) is 4.39 Å². The van der Waals surface area contributed by atoms with Crippen molar-refractivity contribution < 1.29 is 4.39 Å². The second-order valence-corrected chi connectivity index (χ2v) is 6.34. The highest BCUT2D eigenvalue weighted by molar-refractivity contribution is 5.53. The van der Waals surface area contributed by atoms with Gasteiger partial charge < -0.3 is 10.6 Å². The Balaban J connectivity index is 1.50. The van der Waals surface area contributed by atoms with E-state index in [1.807, 2.05) is 13.2 Å². The minimum absolute atomic E-state index is 0.291. The Morgan fingerprint density at radius 2 is 2.18 bits per heavy atom. The van der Waals surface area contributed by atoms with Crippen LogP contribution in [0.4, 0.5) is 21.8 Å². The third-order valence-corrected chi connectivity index (χ3v) is 4.77. The van der Waals surface area contributed by atoms with Crippen molar-refractivity contribution in [3.8, 4) is 0 Å². The first-order valence-electron chi connectivity index (χ1n) is 7.72. The van der Waals surface area contributed by atoms with Gasteiger partial charge in [-0.2, -0.15) is 10.1 Å². The topological polar surface area (TPSA) is 67.7 Å². The van der Waals surface area contributed by atoms with Crippen molar-refractivity contribution in [3.05, 3.63) is 24.4 Å². The first-order valence-corrected chi connectivity index (χ1v) is 7.72. The van der Waals surface area contributed by atoms with Crippen molar-refractivity contribution >= 4 is 17.5 Å². The van der Waals surface area contributed by atoms with Gasteiger partial charge in [-0.15, -0.1) is 0 Å². The van der Waals surface area contributed by atoms with Crippen LogP contribution in [0.1, 0.15) is 25.7 Å². The van der Waals surface area contributed by atoms with Crippen LogP contribution in [0.15, 0.2) is 18.6 Å². The van der Waals surface area contributed by atoms with Gasteiger partial charge in [0.25, 0.3) is 0 Å². The molecule has 2 bridgehead atoms. The SMILES string of the molecule is Cn1cc(Nc2ncc(F)c(N[C@H]3C[C@@H]4CC[C@H]3C4)n2)cn1. The molecule has 0 spiro atoms. The first-order chi connectivity index (χ1) is 10.7. The fourth-order valence-corrected chi connectivity index (χ4v) is 3.74. The summed E-state index contributed by atoms with van der Waals surface area (Å²) in [5.74, 6) is 1.73. The lowest BCUT2D eigenvalue weighted by molar-refractivity contribution is 0.436. The number of nitrogens with zero attached hydrogens (tertiary/aromatic N) is 4. The van der Waals surface area contributed by atoms with Crippen LogP contribution in [0.3, 0.4) is 0 Å². The van der Waals surface area contributed by atoms with Gasteiger partial charge in [0.05, 0.1) is 18.1 Å². The summed E-state index contributed by atoms with van der Waals surface area (Å²) in [6.45, 7) is 0. The molecule has 2 saturated carbocycles. The van der Waals surface area contributed by atoms with E-state index in [0.29, 0.717) is 23.7 Å². The molecule has 0 unspecified atom stereocenters. The third kappa shape index (κ3) is 2.51. The summed E-state index contributed by atoms with van der Waals surface area (Å²) in [6.07, 6.45) is 9.66. The number of nitrogens with one attached hydrogen (secondary N) is 2. The summed E-state index contributed by atoms with van der Waals surface area (Å²) >= 11 is 0. The van der Waals surface area contributed by atoms with E-state index in [4.69, 9.17) is 0 Å². The van der Waals surface area contributed by atoms with Gasteiger partial charge in [-0.05, 0) is 31.1 Å². The minimum Gasteiger partial charge on any atom is -0.364 e. The third-order valence-electron chi connectivity index (χ3n) is 4.77. The summed E-state index contributed by atoms with van der Waals surface area (Å²) in [4.78, 5) is 8.27. The van der Waals surface area contributed by atoms with Crippen LogP contribution in [0, 0.1) is 17.7 Å². The summed E-state index contributed by atoms with van der Waals surface area (Å²) in [5.41, 5.74) is 0.778. The van der Waals surface area contributed by atoms with Crippen molar-refractivity contribution in [3.63, 3.8) is 0 Å². The van der Waals surface area contributed by atoms with Crippen molar-refractivity contribution in [2.45, 2.75) is 31.7 Å². The first kappa shape index (κ1) is 13.5. The molecule has 2 aliphatic rings. The molecule has 116 valence electrons. The summed E-state index contributed by atoms with van der Waals surface area (Å²) in [5, 5.41) is 10.4. The fraction of sp³-hybridized carbons (Fsp3) is 0.533. The molecular formula is C15H19FN6. The summed E-state index contributed by atoms with van der Waals surface area (Å²) in [7, 11) is 1.83. The molecule has 2 aromatic rings. The molecule has 7 heteroatoms. The number of rotatable bonds is 4. The predicted octanol–water partition coefficient (Wildman–Crippen LogP) is 2.69. The van der Waals surface area contributed by atoms with E-state index in [1.54, 1.807) is 10.9 Å². The van der Waals surface area contributed by atoms with E-state index in [2.05, 4.69) is 25.7 Å². The molecule has 2 heterocycles. The number of halogens is 1. The van der Waals surface area contributed by atoms with E-state index >= 15 is 0 Å². The molecule has 2 fully saturated rings. The monoisotopic (exact) mass is 302 g/mol. The zero-order valence-corrected chi connectivity index (χ0v) is 12.5. The maximum atomic E-state index is 14.0. The van der Waals surface area contributed by atoms with Crippen molar-refractivity contribution in [2.24, 2.45) is 18.9 Å².